The maximum absolute atomic E-state index is 10.7. The van der Waals surface area contributed by atoms with Gasteiger partial charge in [0.1, 0.15) is 19.0 Å². The molecule has 8 heteroatoms. The number of nitrogens with zero attached hydrogens (tertiary/aromatic N) is 1. The van der Waals surface area contributed by atoms with Gasteiger partial charge in [0.15, 0.2) is 11.5 Å². The van der Waals surface area contributed by atoms with Crippen molar-refractivity contribution in [3.8, 4) is 17.2 Å². The molecule has 0 saturated heterocycles. The molecule has 0 bridgehead atoms. The summed E-state index contributed by atoms with van der Waals surface area (Å²) in [5.74, 6) is 1.68. The fourth-order valence-corrected chi connectivity index (χ4v) is 2.57. The van der Waals surface area contributed by atoms with Crippen molar-refractivity contribution in [2.24, 2.45) is 0 Å². The highest BCUT2D eigenvalue weighted by molar-refractivity contribution is 6.32. The van der Waals surface area contributed by atoms with E-state index in [4.69, 9.17) is 30.5 Å². The average molecular weight is 408 g/mol. The molecule has 0 radical (unpaired) electrons. The van der Waals surface area contributed by atoms with Crippen molar-refractivity contribution >= 4 is 23.4 Å². The van der Waals surface area contributed by atoms with Gasteiger partial charge >= 0.3 is 0 Å². The predicted molar refractivity (Wildman–Crippen MR) is 108 cm³/mol. The van der Waals surface area contributed by atoms with E-state index in [9.17, 15) is 10.1 Å². The van der Waals surface area contributed by atoms with Crippen LogP contribution in [0.1, 0.15) is 12.5 Å². The summed E-state index contributed by atoms with van der Waals surface area (Å²) in [6.07, 6.45) is 3.93. The number of non-ortho nitro benzene ring substituents is 1. The van der Waals surface area contributed by atoms with Crippen molar-refractivity contribution in [2.45, 2.75) is 6.92 Å². The molecule has 0 N–H and O–H groups in total. The number of halogens is 1. The predicted octanol–water partition coefficient (Wildman–Crippen LogP) is 4.76. The van der Waals surface area contributed by atoms with Gasteiger partial charge in [-0.2, -0.15) is 0 Å². The molecule has 2 aromatic carbocycles. The van der Waals surface area contributed by atoms with Crippen LogP contribution in [0.15, 0.2) is 42.5 Å². The number of hydrogen-bond donors (Lipinski definition) is 0. The van der Waals surface area contributed by atoms with Crippen molar-refractivity contribution in [1.29, 1.82) is 0 Å². The second kappa shape index (κ2) is 11.2. The van der Waals surface area contributed by atoms with E-state index >= 15 is 0 Å². The standard InChI is InChI=1S/C20H22ClNO6/c1-3-4-15-5-7-19(20(13-15)25-2)28-12-10-26-9-11-27-18-8-6-16(22(23)24)14-17(18)21/h3-8,13-14H,9-12H2,1-2H3/b4-3+. The molecule has 0 atom stereocenters. The largest absolute Gasteiger partial charge is 0.493 e. The summed E-state index contributed by atoms with van der Waals surface area (Å²) in [5, 5.41) is 10.9. The Morgan fingerprint density at radius 3 is 2.29 bits per heavy atom. The molecular weight excluding hydrogens is 386 g/mol. The first-order valence-electron chi connectivity index (χ1n) is 8.63. The van der Waals surface area contributed by atoms with Gasteiger partial charge in [-0.15, -0.1) is 0 Å². The Morgan fingerprint density at radius 2 is 1.68 bits per heavy atom. The van der Waals surface area contributed by atoms with Crippen LogP contribution in [0, 0.1) is 10.1 Å². The summed E-state index contributed by atoms with van der Waals surface area (Å²) in [6.45, 7) is 3.27. The maximum Gasteiger partial charge on any atom is 0.271 e. The molecule has 0 amide bonds. The average Bonchev–Trinajstić information content (AvgIpc) is 2.69. The quantitative estimate of drug-likeness (QED) is 0.303. The Morgan fingerprint density at radius 1 is 1.00 bits per heavy atom. The van der Waals surface area contributed by atoms with Crippen molar-refractivity contribution in [1.82, 2.24) is 0 Å². The second-order valence-electron chi connectivity index (χ2n) is 5.59. The molecule has 0 spiro atoms. The van der Waals surface area contributed by atoms with Gasteiger partial charge < -0.3 is 18.9 Å². The molecule has 0 aliphatic carbocycles. The Balaban J connectivity index is 1.69. The topological polar surface area (TPSA) is 80.1 Å². The molecule has 0 fully saturated rings. The van der Waals surface area contributed by atoms with Crippen LogP contribution < -0.4 is 14.2 Å². The van der Waals surface area contributed by atoms with Crippen LogP contribution in [0.3, 0.4) is 0 Å². The Kier molecular flexibility index (Phi) is 8.58. The van der Waals surface area contributed by atoms with Crippen molar-refractivity contribution < 1.29 is 23.9 Å². The molecule has 0 saturated carbocycles. The molecule has 0 aliphatic heterocycles. The first-order chi connectivity index (χ1) is 13.5. The van der Waals surface area contributed by atoms with E-state index < -0.39 is 4.92 Å². The van der Waals surface area contributed by atoms with E-state index in [2.05, 4.69) is 0 Å². The highest BCUT2D eigenvalue weighted by Crippen LogP contribution is 2.29. The van der Waals surface area contributed by atoms with Gasteiger partial charge in [0, 0.05) is 12.1 Å². The van der Waals surface area contributed by atoms with Crippen molar-refractivity contribution in [2.75, 3.05) is 33.5 Å². The summed E-state index contributed by atoms with van der Waals surface area (Å²) < 4.78 is 21.9. The van der Waals surface area contributed by atoms with E-state index in [0.29, 0.717) is 37.1 Å². The molecule has 2 aromatic rings. The van der Waals surface area contributed by atoms with Gasteiger partial charge in [-0.3, -0.25) is 10.1 Å². The maximum atomic E-state index is 10.7. The fraction of sp³-hybridized carbons (Fsp3) is 0.300. The minimum Gasteiger partial charge on any atom is -0.493 e. The number of hydrogen-bond acceptors (Lipinski definition) is 6. The van der Waals surface area contributed by atoms with Crippen LogP contribution in [-0.4, -0.2) is 38.5 Å². The highest BCUT2D eigenvalue weighted by atomic mass is 35.5. The smallest absolute Gasteiger partial charge is 0.271 e. The number of ether oxygens (including phenoxy) is 4. The lowest BCUT2D eigenvalue weighted by Crippen LogP contribution is -2.12. The van der Waals surface area contributed by atoms with Crippen LogP contribution in [0.2, 0.25) is 5.02 Å². The number of nitro groups is 1. The molecular formula is C20H22ClNO6. The molecule has 0 heterocycles. The second-order valence-corrected chi connectivity index (χ2v) is 6.00. The number of allylic oxidation sites excluding steroid dienone is 1. The van der Waals surface area contributed by atoms with E-state index in [1.165, 1.54) is 18.2 Å². The minimum atomic E-state index is -0.512. The third-order valence-corrected chi connectivity index (χ3v) is 3.94. The van der Waals surface area contributed by atoms with Crippen LogP contribution >= 0.6 is 11.6 Å². The first kappa shape index (κ1) is 21.5. The molecule has 28 heavy (non-hydrogen) atoms. The zero-order valence-electron chi connectivity index (χ0n) is 15.7. The lowest BCUT2D eigenvalue weighted by molar-refractivity contribution is -0.384. The third-order valence-electron chi connectivity index (χ3n) is 3.64. The number of benzene rings is 2. The van der Waals surface area contributed by atoms with E-state index in [0.717, 1.165) is 5.56 Å². The molecule has 150 valence electrons. The summed E-state index contributed by atoms with van der Waals surface area (Å²) in [6, 6.07) is 9.75. The van der Waals surface area contributed by atoms with Crippen LogP contribution in [0.25, 0.3) is 6.08 Å². The monoisotopic (exact) mass is 407 g/mol. The molecule has 7 nitrogen and oxygen atoms in total. The minimum absolute atomic E-state index is 0.0834. The van der Waals surface area contributed by atoms with Crippen molar-refractivity contribution in [3.05, 3.63) is 63.2 Å². The summed E-state index contributed by atoms with van der Waals surface area (Å²) in [5.41, 5.74) is 0.949. The van der Waals surface area contributed by atoms with Gasteiger partial charge in [0.25, 0.3) is 5.69 Å². The van der Waals surface area contributed by atoms with Crippen LogP contribution in [0.5, 0.6) is 17.2 Å². The summed E-state index contributed by atoms with van der Waals surface area (Å²) in [7, 11) is 1.60. The zero-order chi connectivity index (χ0) is 20.4. The van der Waals surface area contributed by atoms with Gasteiger partial charge in [-0.05, 0) is 30.7 Å². The third kappa shape index (κ3) is 6.44. The number of rotatable bonds is 11. The number of methoxy groups -OCH3 is 1. The Hall–Kier alpha value is -2.77. The Labute approximate surface area is 168 Å². The molecule has 0 aromatic heterocycles. The van der Waals surface area contributed by atoms with E-state index in [1.54, 1.807) is 7.11 Å². The van der Waals surface area contributed by atoms with Gasteiger partial charge in [0.2, 0.25) is 0 Å². The fourth-order valence-electron chi connectivity index (χ4n) is 2.34. The van der Waals surface area contributed by atoms with E-state index in [-0.39, 0.29) is 17.3 Å². The van der Waals surface area contributed by atoms with Gasteiger partial charge in [0.05, 0.1) is 30.3 Å². The Bertz CT molecular complexity index is 824. The SMILES string of the molecule is C/C=C/c1ccc(OCCOCCOc2ccc([N+](=O)[O-])cc2Cl)c(OC)c1. The van der Waals surface area contributed by atoms with Crippen LogP contribution in [0.4, 0.5) is 5.69 Å². The summed E-state index contributed by atoms with van der Waals surface area (Å²) >= 11 is 5.96. The summed E-state index contributed by atoms with van der Waals surface area (Å²) in [4.78, 5) is 10.2. The van der Waals surface area contributed by atoms with Crippen molar-refractivity contribution in [3.63, 3.8) is 0 Å². The van der Waals surface area contributed by atoms with E-state index in [1.807, 2.05) is 37.3 Å². The van der Waals surface area contributed by atoms with Gasteiger partial charge in [-0.1, -0.05) is 29.8 Å². The normalized spacial score (nSPS) is 10.8. The van der Waals surface area contributed by atoms with Crippen LogP contribution in [-0.2, 0) is 4.74 Å². The molecule has 0 unspecified atom stereocenters. The molecule has 2 rings (SSSR count). The highest BCUT2D eigenvalue weighted by Gasteiger charge is 2.10. The lowest BCUT2D eigenvalue weighted by atomic mass is 10.2. The number of nitro benzene ring substituents is 1. The lowest BCUT2D eigenvalue weighted by Gasteiger charge is -2.12. The van der Waals surface area contributed by atoms with Gasteiger partial charge in [-0.25, -0.2) is 0 Å². The molecule has 0 aliphatic rings. The zero-order valence-corrected chi connectivity index (χ0v) is 16.5. The first-order valence-corrected chi connectivity index (χ1v) is 9.01.